The van der Waals surface area contributed by atoms with Crippen LogP contribution in [0.5, 0.6) is 5.75 Å². The van der Waals surface area contributed by atoms with Crippen molar-refractivity contribution in [2.75, 3.05) is 12.4 Å². The van der Waals surface area contributed by atoms with Gasteiger partial charge in [0.1, 0.15) is 11.4 Å². The number of carbonyl (C=O) groups excluding carboxylic acids is 1. The number of nitrogens with one attached hydrogen (secondary N) is 1. The summed E-state index contributed by atoms with van der Waals surface area (Å²) in [4.78, 5) is 22.1. The van der Waals surface area contributed by atoms with E-state index in [2.05, 4.69) is 20.4 Å². The van der Waals surface area contributed by atoms with E-state index in [1.54, 1.807) is 30.4 Å². The van der Waals surface area contributed by atoms with Crippen LogP contribution in [0.2, 0.25) is 0 Å². The summed E-state index contributed by atoms with van der Waals surface area (Å²) in [7, 11) is 1.63. The first-order valence-corrected chi connectivity index (χ1v) is 11.5. The van der Waals surface area contributed by atoms with Crippen molar-refractivity contribution in [2.24, 2.45) is 0 Å². The van der Waals surface area contributed by atoms with Crippen LogP contribution in [-0.2, 0) is 0 Å². The number of hydrogen-bond acceptors (Lipinski definition) is 6. The molecule has 0 unspecified atom stereocenters. The molecule has 3 heterocycles. The lowest BCUT2D eigenvalue weighted by molar-refractivity contribution is 0.102. The van der Waals surface area contributed by atoms with Gasteiger partial charge in [0.25, 0.3) is 5.91 Å². The molecule has 0 fully saturated rings. The van der Waals surface area contributed by atoms with Gasteiger partial charge in [-0.2, -0.15) is 5.10 Å². The molecule has 1 N–H and O–H groups in total. The smallest absolute Gasteiger partial charge is 0.261 e. The quantitative estimate of drug-likeness (QED) is 0.350. The highest BCUT2D eigenvalue weighted by molar-refractivity contribution is 7.14. The molecule has 0 saturated carbocycles. The molecule has 8 heteroatoms. The average molecular weight is 468 g/mol. The SMILES string of the molecule is COc1ccc(C)cc1-c1csc(NC(=O)c2cn(-c3ccccc3)nc2-c2cccnc2)n1. The number of hydrogen-bond donors (Lipinski definition) is 1. The molecule has 5 rings (SSSR count). The van der Waals surface area contributed by atoms with E-state index in [0.717, 1.165) is 33.8 Å². The molecule has 0 aliphatic carbocycles. The fraction of sp³-hybridized carbons (Fsp3) is 0.0769. The van der Waals surface area contributed by atoms with Gasteiger partial charge in [0.15, 0.2) is 5.13 Å². The normalized spacial score (nSPS) is 10.8. The number of methoxy groups -OCH3 is 1. The molecule has 0 aliphatic rings. The molecular weight excluding hydrogens is 446 g/mol. The van der Waals surface area contributed by atoms with Crippen LogP contribution in [0.25, 0.3) is 28.2 Å². The molecule has 0 radical (unpaired) electrons. The Bertz CT molecular complexity index is 1440. The standard InChI is InChI=1S/C26H21N5O2S/c1-17-10-11-23(33-2)20(13-17)22-16-34-26(28-22)29-25(32)21-15-31(19-8-4-3-5-9-19)30-24(21)18-7-6-12-27-14-18/h3-16H,1-2H3,(H,28,29,32). The van der Waals surface area contributed by atoms with Crippen molar-refractivity contribution in [3.63, 3.8) is 0 Å². The monoisotopic (exact) mass is 467 g/mol. The molecule has 1 amide bonds. The van der Waals surface area contributed by atoms with Crippen molar-refractivity contribution in [3.05, 3.63) is 95.8 Å². The topological polar surface area (TPSA) is 81.9 Å². The minimum Gasteiger partial charge on any atom is -0.496 e. The summed E-state index contributed by atoms with van der Waals surface area (Å²) in [6.07, 6.45) is 5.11. The minimum absolute atomic E-state index is 0.293. The molecular formula is C26H21N5O2S. The second-order valence-corrected chi connectivity index (χ2v) is 8.47. The van der Waals surface area contributed by atoms with Crippen LogP contribution in [0, 0.1) is 6.92 Å². The third kappa shape index (κ3) is 4.31. The molecule has 0 aliphatic heterocycles. The van der Waals surface area contributed by atoms with Crippen molar-refractivity contribution >= 4 is 22.4 Å². The summed E-state index contributed by atoms with van der Waals surface area (Å²) in [6, 6.07) is 19.3. The van der Waals surface area contributed by atoms with E-state index in [0.29, 0.717) is 16.4 Å². The Morgan fingerprint density at radius 2 is 1.94 bits per heavy atom. The van der Waals surface area contributed by atoms with Gasteiger partial charge in [-0.25, -0.2) is 9.67 Å². The predicted molar refractivity (Wildman–Crippen MR) is 134 cm³/mol. The second-order valence-electron chi connectivity index (χ2n) is 7.61. The van der Waals surface area contributed by atoms with Crippen LogP contribution in [-0.4, -0.2) is 32.8 Å². The first-order chi connectivity index (χ1) is 16.6. The zero-order valence-corrected chi connectivity index (χ0v) is 19.4. The first-order valence-electron chi connectivity index (χ1n) is 10.6. The largest absolute Gasteiger partial charge is 0.496 e. The zero-order valence-electron chi connectivity index (χ0n) is 18.6. The van der Waals surface area contributed by atoms with Gasteiger partial charge in [0.2, 0.25) is 0 Å². The van der Waals surface area contributed by atoms with Gasteiger partial charge in [0, 0.05) is 35.1 Å². The molecule has 0 spiro atoms. The molecule has 0 saturated heterocycles. The van der Waals surface area contributed by atoms with Gasteiger partial charge in [-0.05, 0) is 43.3 Å². The lowest BCUT2D eigenvalue weighted by Gasteiger charge is -2.07. The number of carbonyl (C=O) groups is 1. The Hall–Kier alpha value is -4.30. The molecule has 168 valence electrons. The van der Waals surface area contributed by atoms with Crippen LogP contribution in [0.15, 0.2) is 84.6 Å². The number of para-hydroxylation sites is 1. The average Bonchev–Trinajstić information content (AvgIpc) is 3.53. The highest BCUT2D eigenvalue weighted by Crippen LogP contribution is 2.33. The first kappa shape index (κ1) is 21.5. The minimum atomic E-state index is -0.293. The van der Waals surface area contributed by atoms with E-state index in [-0.39, 0.29) is 5.91 Å². The zero-order chi connectivity index (χ0) is 23.5. The summed E-state index contributed by atoms with van der Waals surface area (Å²) < 4.78 is 7.18. The lowest BCUT2D eigenvalue weighted by atomic mass is 10.1. The van der Waals surface area contributed by atoms with Crippen LogP contribution < -0.4 is 10.1 Å². The number of anilines is 1. The maximum atomic E-state index is 13.3. The Morgan fingerprint density at radius 1 is 1.09 bits per heavy atom. The predicted octanol–water partition coefficient (Wildman–Crippen LogP) is 5.63. The maximum Gasteiger partial charge on any atom is 0.261 e. The van der Waals surface area contributed by atoms with Crippen LogP contribution in [0.1, 0.15) is 15.9 Å². The summed E-state index contributed by atoms with van der Waals surface area (Å²) in [5.41, 5.74) is 5.32. The third-order valence-electron chi connectivity index (χ3n) is 5.27. The Kier molecular flexibility index (Phi) is 5.88. The molecule has 34 heavy (non-hydrogen) atoms. The van der Waals surface area contributed by atoms with E-state index in [9.17, 15) is 4.79 Å². The number of ether oxygens (including phenoxy) is 1. The number of aryl methyl sites for hydroxylation is 1. The van der Waals surface area contributed by atoms with Gasteiger partial charge in [-0.3, -0.25) is 15.1 Å². The number of benzene rings is 2. The van der Waals surface area contributed by atoms with Crippen molar-refractivity contribution in [1.29, 1.82) is 0 Å². The number of amides is 1. The van der Waals surface area contributed by atoms with Gasteiger partial charge >= 0.3 is 0 Å². The van der Waals surface area contributed by atoms with E-state index >= 15 is 0 Å². The fourth-order valence-corrected chi connectivity index (χ4v) is 4.32. The van der Waals surface area contributed by atoms with Gasteiger partial charge < -0.3 is 4.74 Å². The molecule has 7 nitrogen and oxygen atoms in total. The van der Waals surface area contributed by atoms with E-state index in [1.807, 2.05) is 73.0 Å². The highest BCUT2D eigenvalue weighted by Gasteiger charge is 2.20. The van der Waals surface area contributed by atoms with E-state index < -0.39 is 0 Å². The molecule has 5 aromatic rings. The number of rotatable bonds is 6. The number of thiazole rings is 1. The summed E-state index contributed by atoms with van der Waals surface area (Å²) >= 11 is 1.36. The van der Waals surface area contributed by atoms with E-state index in [1.165, 1.54) is 11.3 Å². The van der Waals surface area contributed by atoms with Crippen LogP contribution in [0.4, 0.5) is 5.13 Å². The number of aromatic nitrogens is 4. The molecule has 0 atom stereocenters. The summed E-state index contributed by atoms with van der Waals surface area (Å²) in [5.74, 6) is 0.440. The highest BCUT2D eigenvalue weighted by atomic mass is 32.1. The fourth-order valence-electron chi connectivity index (χ4n) is 3.61. The summed E-state index contributed by atoms with van der Waals surface area (Å²) in [5, 5.41) is 10.0. The van der Waals surface area contributed by atoms with Crippen molar-refractivity contribution in [3.8, 4) is 34.0 Å². The van der Waals surface area contributed by atoms with Crippen molar-refractivity contribution in [2.45, 2.75) is 6.92 Å². The maximum absolute atomic E-state index is 13.3. The number of nitrogens with zero attached hydrogens (tertiary/aromatic N) is 4. The molecule has 0 bridgehead atoms. The van der Waals surface area contributed by atoms with Crippen LogP contribution >= 0.6 is 11.3 Å². The molecule has 2 aromatic carbocycles. The van der Waals surface area contributed by atoms with Gasteiger partial charge in [-0.15, -0.1) is 11.3 Å². The number of pyridine rings is 1. The van der Waals surface area contributed by atoms with Gasteiger partial charge in [-0.1, -0.05) is 29.8 Å². The van der Waals surface area contributed by atoms with Crippen molar-refractivity contribution in [1.82, 2.24) is 19.7 Å². The van der Waals surface area contributed by atoms with Gasteiger partial charge in [0.05, 0.1) is 24.1 Å². The second kappa shape index (κ2) is 9.29. The molecule has 3 aromatic heterocycles. The summed E-state index contributed by atoms with van der Waals surface area (Å²) in [6.45, 7) is 2.02. The Labute approximate surface area is 200 Å². The Balaban J connectivity index is 1.48. The van der Waals surface area contributed by atoms with E-state index in [4.69, 9.17) is 4.74 Å². The third-order valence-corrected chi connectivity index (χ3v) is 6.03. The lowest BCUT2D eigenvalue weighted by Crippen LogP contribution is -2.12. The van der Waals surface area contributed by atoms with Crippen LogP contribution in [0.3, 0.4) is 0 Å². The Morgan fingerprint density at radius 3 is 2.71 bits per heavy atom. The van der Waals surface area contributed by atoms with Crippen molar-refractivity contribution < 1.29 is 9.53 Å².